The van der Waals surface area contributed by atoms with Gasteiger partial charge in [-0.05, 0) is 52.9 Å². The second-order valence-corrected chi connectivity index (χ2v) is 6.93. The minimum Gasteiger partial charge on any atom is -0.478 e. The second-order valence-electron chi connectivity index (χ2n) is 4.87. The van der Waals surface area contributed by atoms with Gasteiger partial charge in [0.05, 0.1) is 39.0 Å². The number of benzene rings is 2. The molecule has 0 saturated carbocycles. The first-order chi connectivity index (χ1) is 11.5. The Morgan fingerprint density at radius 1 is 1.17 bits per heavy atom. The predicted octanol–water partition coefficient (Wildman–Crippen LogP) is 5.23. The number of carboxylic acid groups (broad SMARTS) is 1. The quantitative estimate of drug-likeness (QED) is 0.509. The molecule has 0 saturated heterocycles. The van der Waals surface area contributed by atoms with Gasteiger partial charge in [-0.25, -0.2) is 9.78 Å². The Kier molecular flexibility index (Phi) is 4.98. The predicted molar refractivity (Wildman–Crippen MR) is 103 cm³/mol. The summed E-state index contributed by atoms with van der Waals surface area (Å²) in [6.45, 7) is 0. The number of carboxylic acids is 1. The molecule has 2 aromatic carbocycles. The molecular formula is C16H10Cl2IN3O2. The molecule has 0 aliphatic carbocycles. The van der Waals surface area contributed by atoms with E-state index in [-0.39, 0.29) is 5.56 Å². The van der Waals surface area contributed by atoms with Gasteiger partial charge in [0.2, 0.25) is 0 Å². The molecule has 0 spiro atoms. The zero-order valence-electron chi connectivity index (χ0n) is 12.0. The van der Waals surface area contributed by atoms with E-state index >= 15 is 0 Å². The smallest absolute Gasteiger partial charge is 0.337 e. The van der Waals surface area contributed by atoms with Crippen LogP contribution in [0.15, 0.2) is 49.1 Å². The molecule has 0 radical (unpaired) electrons. The molecule has 1 heterocycles. The lowest BCUT2D eigenvalue weighted by molar-refractivity contribution is 0.0698. The van der Waals surface area contributed by atoms with Crippen LogP contribution in [0.3, 0.4) is 0 Å². The first-order valence-corrected chi connectivity index (χ1v) is 8.56. The number of imidazole rings is 1. The fourth-order valence-corrected chi connectivity index (χ4v) is 3.34. The van der Waals surface area contributed by atoms with Crippen LogP contribution in [-0.2, 0) is 0 Å². The molecule has 0 bridgehead atoms. The number of nitrogens with one attached hydrogen (secondary N) is 1. The van der Waals surface area contributed by atoms with Crippen molar-refractivity contribution in [1.29, 1.82) is 0 Å². The summed E-state index contributed by atoms with van der Waals surface area (Å²) in [5.74, 6) is -1.08. The lowest BCUT2D eigenvalue weighted by Gasteiger charge is -2.15. The van der Waals surface area contributed by atoms with Crippen LogP contribution in [0.2, 0.25) is 10.0 Å². The van der Waals surface area contributed by atoms with Gasteiger partial charge in [-0.15, -0.1) is 0 Å². The molecule has 122 valence electrons. The van der Waals surface area contributed by atoms with Crippen molar-refractivity contribution in [1.82, 2.24) is 9.55 Å². The summed E-state index contributed by atoms with van der Waals surface area (Å²) in [6.07, 6.45) is 4.93. The molecule has 24 heavy (non-hydrogen) atoms. The maximum atomic E-state index is 11.5. The maximum Gasteiger partial charge on any atom is 0.337 e. The van der Waals surface area contributed by atoms with Crippen molar-refractivity contribution >= 4 is 63.1 Å². The highest BCUT2D eigenvalue weighted by Crippen LogP contribution is 2.33. The van der Waals surface area contributed by atoms with E-state index in [9.17, 15) is 9.90 Å². The largest absolute Gasteiger partial charge is 0.478 e. The summed E-state index contributed by atoms with van der Waals surface area (Å²) < 4.78 is 2.69. The van der Waals surface area contributed by atoms with Crippen LogP contribution in [0.5, 0.6) is 0 Å². The number of anilines is 2. The first kappa shape index (κ1) is 17.1. The molecule has 2 N–H and O–H groups in total. The monoisotopic (exact) mass is 473 g/mol. The number of hydrogen-bond donors (Lipinski definition) is 2. The van der Waals surface area contributed by atoms with Gasteiger partial charge in [0.1, 0.15) is 0 Å². The number of aromatic nitrogens is 2. The van der Waals surface area contributed by atoms with Crippen LogP contribution in [0.4, 0.5) is 11.4 Å². The average Bonchev–Trinajstić information content (AvgIpc) is 3.05. The Morgan fingerprint density at radius 3 is 2.58 bits per heavy atom. The zero-order valence-corrected chi connectivity index (χ0v) is 15.7. The summed E-state index contributed by atoms with van der Waals surface area (Å²) in [5, 5.41) is 13.3. The van der Waals surface area contributed by atoms with Gasteiger partial charge in [-0.2, -0.15) is 0 Å². The van der Waals surface area contributed by atoms with Gasteiger partial charge >= 0.3 is 5.97 Å². The van der Waals surface area contributed by atoms with Crippen molar-refractivity contribution in [3.05, 3.63) is 68.2 Å². The Morgan fingerprint density at radius 2 is 1.96 bits per heavy atom. The fraction of sp³-hybridized carbons (Fsp3) is 0. The van der Waals surface area contributed by atoms with Crippen molar-refractivity contribution in [2.45, 2.75) is 0 Å². The van der Waals surface area contributed by atoms with E-state index in [0.717, 1.165) is 3.57 Å². The molecule has 1 aromatic heterocycles. The molecule has 0 unspecified atom stereocenters. The molecule has 0 amide bonds. The van der Waals surface area contributed by atoms with Gasteiger partial charge in [0.25, 0.3) is 0 Å². The van der Waals surface area contributed by atoms with Gasteiger partial charge in [0, 0.05) is 16.0 Å². The highest BCUT2D eigenvalue weighted by molar-refractivity contribution is 14.1. The van der Waals surface area contributed by atoms with E-state index in [0.29, 0.717) is 27.1 Å². The minimum absolute atomic E-state index is 0.0541. The van der Waals surface area contributed by atoms with Gasteiger partial charge in [-0.1, -0.05) is 23.2 Å². The van der Waals surface area contributed by atoms with Crippen molar-refractivity contribution in [3.63, 3.8) is 0 Å². The van der Waals surface area contributed by atoms with E-state index in [2.05, 4.69) is 32.9 Å². The van der Waals surface area contributed by atoms with Crippen molar-refractivity contribution < 1.29 is 9.90 Å². The molecule has 0 aliphatic heterocycles. The molecule has 3 aromatic rings. The molecule has 3 rings (SSSR count). The third-order valence-corrected chi connectivity index (χ3v) is 4.59. The Labute approximate surface area is 161 Å². The summed E-state index contributed by atoms with van der Waals surface area (Å²) in [7, 11) is 0. The number of aromatic carboxylic acids is 1. The fourth-order valence-electron chi connectivity index (χ4n) is 2.18. The molecule has 8 heteroatoms. The van der Waals surface area contributed by atoms with E-state index in [1.807, 2.05) is 6.07 Å². The molecule has 0 fully saturated rings. The molecule has 0 atom stereocenters. The topological polar surface area (TPSA) is 67.1 Å². The van der Waals surface area contributed by atoms with Crippen molar-refractivity contribution in [2.24, 2.45) is 0 Å². The minimum atomic E-state index is -1.08. The Balaban J connectivity index is 2.10. The lowest BCUT2D eigenvalue weighted by atomic mass is 10.1. The number of carbonyl (C=O) groups is 1. The average molecular weight is 474 g/mol. The van der Waals surface area contributed by atoms with Crippen molar-refractivity contribution in [2.75, 3.05) is 5.32 Å². The lowest BCUT2D eigenvalue weighted by Crippen LogP contribution is -2.05. The number of hydrogen-bond acceptors (Lipinski definition) is 3. The highest BCUT2D eigenvalue weighted by atomic mass is 127. The molecule has 0 aliphatic rings. The van der Waals surface area contributed by atoms with Gasteiger partial charge in [0.15, 0.2) is 0 Å². The first-order valence-electron chi connectivity index (χ1n) is 6.73. The van der Waals surface area contributed by atoms with Crippen LogP contribution in [-0.4, -0.2) is 20.6 Å². The Bertz CT molecular complexity index is 914. The standard InChI is InChI=1S/C16H10Cl2IN3O2/c17-11-5-9(19)1-2-13(11)21-14-7-15(22-4-3-20-8-22)12(18)6-10(14)16(23)24/h1-8,21H,(H,23,24). The van der Waals surface area contributed by atoms with Crippen LogP contribution < -0.4 is 5.32 Å². The molecular weight excluding hydrogens is 464 g/mol. The number of nitrogens with zero attached hydrogens (tertiary/aromatic N) is 2. The van der Waals surface area contributed by atoms with E-state index in [1.165, 1.54) is 6.07 Å². The summed E-state index contributed by atoms with van der Waals surface area (Å²) in [4.78, 5) is 15.5. The third-order valence-electron chi connectivity index (χ3n) is 3.30. The zero-order chi connectivity index (χ0) is 17.3. The van der Waals surface area contributed by atoms with Crippen LogP contribution in [0.25, 0.3) is 5.69 Å². The van der Waals surface area contributed by atoms with Crippen molar-refractivity contribution in [3.8, 4) is 5.69 Å². The second kappa shape index (κ2) is 7.00. The Hall–Kier alpha value is -1.77. The van der Waals surface area contributed by atoms with Gasteiger partial charge < -0.3 is 15.0 Å². The maximum absolute atomic E-state index is 11.5. The van der Waals surface area contributed by atoms with Crippen LogP contribution in [0, 0.1) is 3.57 Å². The summed E-state index contributed by atoms with van der Waals surface area (Å²) in [6, 6.07) is 8.52. The normalized spacial score (nSPS) is 10.6. The van der Waals surface area contributed by atoms with Gasteiger partial charge in [-0.3, -0.25) is 0 Å². The number of halogens is 3. The SMILES string of the molecule is O=C(O)c1cc(Cl)c(-n2ccnc2)cc1Nc1ccc(I)cc1Cl. The molecule has 5 nitrogen and oxygen atoms in total. The third kappa shape index (κ3) is 3.50. The van der Waals surface area contributed by atoms with E-state index < -0.39 is 5.97 Å². The van der Waals surface area contributed by atoms with E-state index in [4.69, 9.17) is 23.2 Å². The summed E-state index contributed by atoms with van der Waals surface area (Å²) >= 11 is 14.6. The van der Waals surface area contributed by atoms with E-state index in [1.54, 1.807) is 41.5 Å². The van der Waals surface area contributed by atoms with Crippen LogP contribution in [0.1, 0.15) is 10.4 Å². The highest BCUT2D eigenvalue weighted by Gasteiger charge is 2.16. The van der Waals surface area contributed by atoms with Crippen LogP contribution >= 0.6 is 45.8 Å². The summed E-state index contributed by atoms with van der Waals surface area (Å²) in [5.41, 5.74) is 1.67. The number of rotatable bonds is 4.